The summed E-state index contributed by atoms with van der Waals surface area (Å²) in [7, 11) is 0. The van der Waals surface area contributed by atoms with E-state index in [0.29, 0.717) is 6.54 Å². The zero-order valence-electron chi connectivity index (χ0n) is 11.4. The number of rotatable bonds is 11. The Morgan fingerprint density at radius 3 is 2.22 bits per heavy atom. The molecule has 0 saturated carbocycles. The molecule has 0 aromatic rings. The van der Waals surface area contributed by atoms with Gasteiger partial charge in [-0.2, -0.15) is 0 Å². The summed E-state index contributed by atoms with van der Waals surface area (Å²) in [4.78, 5) is 23.6. The number of aliphatic carboxylic acids is 2. The highest BCUT2D eigenvalue weighted by molar-refractivity contribution is 5.75. The first-order chi connectivity index (χ1) is 8.52. The van der Waals surface area contributed by atoms with Crippen molar-refractivity contribution in [3.63, 3.8) is 0 Å². The number of carboxylic acid groups (broad SMARTS) is 2. The van der Waals surface area contributed by atoms with Crippen LogP contribution in [-0.2, 0) is 9.59 Å². The van der Waals surface area contributed by atoms with Gasteiger partial charge in [0.25, 0.3) is 0 Å². The minimum absolute atomic E-state index is 0.0948. The number of unbranched alkanes of at least 4 members (excludes halogenated alkanes) is 3. The molecule has 0 aromatic heterocycles. The highest BCUT2D eigenvalue weighted by Gasteiger charge is 2.24. The van der Waals surface area contributed by atoms with E-state index in [2.05, 4.69) is 6.92 Å². The van der Waals surface area contributed by atoms with Crippen molar-refractivity contribution in [2.75, 3.05) is 13.1 Å². The Balaban J connectivity index is 4.24. The predicted molar refractivity (Wildman–Crippen MR) is 69.7 cm³/mol. The molecule has 0 fully saturated rings. The van der Waals surface area contributed by atoms with E-state index in [4.69, 9.17) is 10.2 Å². The van der Waals surface area contributed by atoms with Gasteiger partial charge in [-0.1, -0.05) is 33.1 Å². The highest BCUT2D eigenvalue weighted by Crippen LogP contribution is 2.10. The molecule has 0 aliphatic carbocycles. The Morgan fingerprint density at radius 2 is 1.78 bits per heavy atom. The molecule has 106 valence electrons. The number of carboxylic acids is 2. The predicted octanol–water partition coefficient (Wildman–Crippen LogP) is 2.21. The molecular formula is C13H25NO4. The fourth-order valence-corrected chi connectivity index (χ4v) is 2.00. The first-order valence-electron chi connectivity index (χ1n) is 6.71. The maximum atomic E-state index is 11.2. The maximum Gasteiger partial charge on any atom is 0.320 e. The summed E-state index contributed by atoms with van der Waals surface area (Å²) in [6, 6.07) is -0.673. The number of hydrogen-bond acceptors (Lipinski definition) is 3. The molecule has 0 radical (unpaired) electrons. The summed E-state index contributed by atoms with van der Waals surface area (Å²) < 4.78 is 0. The van der Waals surface area contributed by atoms with Crippen LogP contribution in [0, 0.1) is 0 Å². The van der Waals surface area contributed by atoms with Crippen molar-refractivity contribution in [2.24, 2.45) is 0 Å². The Morgan fingerprint density at radius 1 is 1.11 bits per heavy atom. The van der Waals surface area contributed by atoms with Crippen LogP contribution in [-0.4, -0.2) is 46.2 Å². The molecule has 0 spiro atoms. The van der Waals surface area contributed by atoms with Crippen molar-refractivity contribution in [3.8, 4) is 0 Å². The average Bonchev–Trinajstić information content (AvgIpc) is 2.31. The van der Waals surface area contributed by atoms with Crippen LogP contribution >= 0.6 is 0 Å². The molecular weight excluding hydrogens is 234 g/mol. The van der Waals surface area contributed by atoms with Crippen LogP contribution in [0.2, 0.25) is 0 Å². The van der Waals surface area contributed by atoms with Crippen molar-refractivity contribution in [1.82, 2.24) is 4.90 Å². The molecule has 0 aliphatic heterocycles. The maximum absolute atomic E-state index is 11.2. The van der Waals surface area contributed by atoms with E-state index >= 15 is 0 Å². The lowest BCUT2D eigenvalue weighted by atomic mass is 10.1. The molecule has 0 rings (SSSR count). The molecule has 1 unspecified atom stereocenters. The second-order valence-electron chi connectivity index (χ2n) is 4.48. The monoisotopic (exact) mass is 259 g/mol. The number of hydrogen-bond donors (Lipinski definition) is 2. The lowest BCUT2D eigenvalue weighted by Crippen LogP contribution is -2.42. The Kier molecular flexibility index (Phi) is 9.28. The summed E-state index contributed by atoms with van der Waals surface area (Å²) >= 11 is 0. The molecule has 0 bridgehead atoms. The normalized spacial score (nSPS) is 12.6. The molecule has 2 N–H and O–H groups in total. The van der Waals surface area contributed by atoms with Gasteiger partial charge in [-0.25, -0.2) is 0 Å². The van der Waals surface area contributed by atoms with Gasteiger partial charge in [-0.05, 0) is 25.9 Å². The Hall–Kier alpha value is -1.10. The number of nitrogens with zero attached hydrogens (tertiary/aromatic N) is 1. The lowest BCUT2D eigenvalue weighted by molar-refractivity contribution is -0.144. The first kappa shape index (κ1) is 16.9. The zero-order chi connectivity index (χ0) is 14.0. The SMILES string of the molecule is CCCCCCN(CC)C(CCC(=O)O)C(=O)O. The van der Waals surface area contributed by atoms with Crippen LogP contribution in [0.5, 0.6) is 0 Å². The summed E-state index contributed by atoms with van der Waals surface area (Å²) in [5, 5.41) is 17.8. The van der Waals surface area contributed by atoms with E-state index in [9.17, 15) is 9.59 Å². The molecule has 0 heterocycles. The Labute approximate surface area is 109 Å². The second kappa shape index (κ2) is 9.88. The van der Waals surface area contributed by atoms with E-state index in [1.165, 1.54) is 0 Å². The molecule has 5 nitrogen and oxygen atoms in total. The van der Waals surface area contributed by atoms with Gasteiger partial charge in [0.2, 0.25) is 0 Å². The summed E-state index contributed by atoms with van der Waals surface area (Å²) in [5.41, 5.74) is 0. The molecule has 0 aliphatic rings. The first-order valence-corrected chi connectivity index (χ1v) is 6.71. The van der Waals surface area contributed by atoms with Crippen LogP contribution in [0.25, 0.3) is 0 Å². The average molecular weight is 259 g/mol. The van der Waals surface area contributed by atoms with Gasteiger partial charge in [-0.15, -0.1) is 0 Å². The van der Waals surface area contributed by atoms with Gasteiger partial charge in [0.05, 0.1) is 0 Å². The van der Waals surface area contributed by atoms with Gasteiger partial charge in [0.1, 0.15) is 6.04 Å². The largest absolute Gasteiger partial charge is 0.481 e. The number of carbonyl (C=O) groups is 2. The lowest BCUT2D eigenvalue weighted by Gasteiger charge is -2.27. The third-order valence-electron chi connectivity index (χ3n) is 3.06. The fraction of sp³-hybridized carbons (Fsp3) is 0.846. The third-order valence-corrected chi connectivity index (χ3v) is 3.06. The van der Waals surface area contributed by atoms with Crippen LogP contribution in [0.3, 0.4) is 0 Å². The van der Waals surface area contributed by atoms with Gasteiger partial charge in [0, 0.05) is 6.42 Å². The standard InChI is InChI=1S/C13H25NO4/c1-3-5-6-7-10-14(4-2)11(13(17)18)8-9-12(15)16/h11H,3-10H2,1-2H3,(H,15,16)(H,17,18). The number of likely N-dealkylation sites (N-methyl/N-ethyl adjacent to an activating group) is 1. The van der Waals surface area contributed by atoms with E-state index < -0.39 is 18.0 Å². The van der Waals surface area contributed by atoms with Crippen molar-refractivity contribution in [1.29, 1.82) is 0 Å². The van der Waals surface area contributed by atoms with Crippen LogP contribution in [0.1, 0.15) is 52.4 Å². The van der Waals surface area contributed by atoms with Crippen LogP contribution < -0.4 is 0 Å². The van der Waals surface area contributed by atoms with Gasteiger partial charge >= 0.3 is 11.9 Å². The molecule has 0 amide bonds. The van der Waals surface area contributed by atoms with Crippen molar-refractivity contribution < 1.29 is 19.8 Å². The fourth-order valence-electron chi connectivity index (χ4n) is 2.00. The van der Waals surface area contributed by atoms with E-state index in [1.807, 2.05) is 11.8 Å². The van der Waals surface area contributed by atoms with E-state index in [0.717, 1.165) is 32.2 Å². The summed E-state index contributed by atoms with van der Waals surface area (Å²) in [5.74, 6) is -1.86. The zero-order valence-corrected chi connectivity index (χ0v) is 11.4. The smallest absolute Gasteiger partial charge is 0.320 e. The molecule has 0 saturated heterocycles. The minimum Gasteiger partial charge on any atom is -0.481 e. The van der Waals surface area contributed by atoms with Gasteiger partial charge in [0.15, 0.2) is 0 Å². The van der Waals surface area contributed by atoms with E-state index in [-0.39, 0.29) is 12.8 Å². The molecule has 0 aromatic carbocycles. The van der Waals surface area contributed by atoms with Crippen molar-refractivity contribution >= 4 is 11.9 Å². The Bertz CT molecular complexity index is 255. The van der Waals surface area contributed by atoms with Crippen LogP contribution in [0.4, 0.5) is 0 Å². The third kappa shape index (κ3) is 7.27. The van der Waals surface area contributed by atoms with Crippen LogP contribution in [0.15, 0.2) is 0 Å². The summed E-state index contributed by atoms with van der Waals surface area (Å²) in [6.45, 7) is 5.41. The van der Waals surface area contributed by atoms with Crippen molar-refractivity contribution in [3.05, 3.63) is 0 Å². The minimum atomic E-state index is -0.941. The van der Waals surface area contributed by atoms with Gasteiger partial charge in [-0.3, -0.25) is 14.5 Å². The van der Waals surface area contributed by atoms with E-state index in [1.54, 1.807) is 0 Å². The summed E-state index contributed by atoms with van der Waals surface area (Å²) in [6.07, 6.45) is 4.45. The topological polar surface area (TPSA) is 77.8 Å². The molecule has 1 atom stereocenters. The van der Waals surface area contributed by atoms with Gasteiger partial charge < -0.3 is 10.2 Å². The molecule has 5 heteroatoms. The van der Waals surface area contributed by atoms with Crippen molar-refractivity contribution in [2.45, 2.75) is 58.4 Å². The second-order valence-corrected chi connectivity index (χ2v) is 4.48. The molecule has 18 heavy (non-hydrogen) atoms. The quantitative estimate of drug-likeness (QED) is 0.556. The highest BCUT2D eigenvalue weighted by atomic mass is 16.4.